The van der Waals surface area contributed by atoms with E-state index in [1.165, 1.54) is 4.90 Å². The van der Waals surface area contributed by atoms with Crippen molar-refractivity contribution in [1.29, 1.82) is 0 Å². The second-order valence-corrected chi connectivity index (χ2v) is 11.6. The average molecular weight is 570 g/mol. The van der Waals surface area contributed by atoms with Crippen molar-refractivity contribution in [2.24, 2.45) is 5.92 Å². The molecule has 0 aromatic heterocycles. The Labute approximate surface area is 241 Å². The van der Waals surface area contributed by atoms with Gasteiger partial charge in [-0.2, -0.15) is 0 Å². The molecule has 0 unspecified atom stereocenters. The van der Waals surface area contributed by atoms with Crippen LogP contribution in [-0.4, -0.2) is 89.7 Å². The van der Waals surface area contributed by atoms with Crippen molar-refractivity contribution >= 4 is 29.5 Å². The molecule has 4 aliphatic rings. The predicted molar refractivity (Wildman–Crippen MR) is 152 cm³/mol. The third-order valence-corrected chi connectivity index (χ3v) is 8.11. The van der Waals surface area contributed by atoms with Crippen LogP contribution in [0.4, 0.5) is 0 Å². The number of nitrogens with zero attached hydrogens (tertiary/aromatic N) is 2. The van der Waals surface area contributed by atoms with Crippen LogP contribution in [0.1, 0.15) is 64.9 Å². The summed E-state index contributed by atoms with van der Waals surface area (Å²) in [5, 5.41) is 8.42. The Balaban J connectivity index is 1.60. The molecule has 2 bridgehead atoms. The second kappa shape index (κ2) is 13.8. The summed E-state index contributed by atoms with van der Waals surface area (Å²) in [4.78, 5) is 69.8. The first-order valence-electron chi connectivity index (χ1n) is 14.8. The van der Waals surface area contributed by atoms with Crippen molar-refractivity contribution in [2.45, 2.75) is 89.9 Å². The van der Waals surface area contributed by atoms with Gasteiger partial charge in [-0.15, -0.1) is 0 Å². The highest BCUT2D eigenvalue weighted by Gasteiger charge is 2.39. The highest BCUT2D eigenvalue weighted by molar-refractivity contribution is 5.96. The highest BCUT2D eigenvalue weighted by Crippen LogP contribution is 2.21. The van der Waals surface area contributed by atoms with Crippen molar-refractivity contribution in [2.75, 3.05) is 26.2 Å². The van der Waals surface area contributed by atoms with Crippen LogP contribution in [-0.2, 0) is 30.4 Å². The third-order valence-electron chi connectivity index (χ3n) is 8.11. The molecule has 0 spiro atoms. The SMILES string of the molecule is CC(C)[C@@H]1NC(=O)COc2ccc(cc2)C[C@@H](C(=O)N2CCCCCC2)NC(=O)[C@H](C)NC(=O)[C@H]2CCCN2C1=O. The van der Waals surface area contributed by atoms with Gasteiger partial charge in [0.15, 0.2) is 6.61 Å². The first-order valence-corrected chi connectivity index (χ1v) is 14.8. The minimum absolute atomic E-state index is 0.144. The lowest BCUT2D eigenvalue weighted by Crippen LogP contribution is -2.58. The Hall–Kier alpha value is -3.63. The molecular weight excluding hydrogens is 526 g/mol. The maximum atomic E-state index is 13.6. The van der Waals surface area contributed by atoms with Crippen LogP contribution >= 0.6 is 0 Å². The Morgan fingerprint density at radius 3 is 2.22 bits per heavy atom. The molecule has 0 aliphatic carbocycles. The van der Waals surface area contributed by atoms with Crippen LogP contribution in [0.5, 0.6) is 5.75 Å². The summed E-state index contributed by atoms with van der Waals surface area (Å²) in [5.74, 6) is -1.57. The zero-order valence-corrected chi connectivity index (χ0v) is 24.3. The van der Waals surface area contributed by atoms with Crippen molar-refractivity contribution < 1.29 is 28.7 Å². The van der Waals surface area contributed by atoms with Crippen molar-refractivity contribution in [3.63, 3.8) is 0 Å². The smallest absolute Gasteiger partial charge is 0.258 e. The summed E-state index contributed by atoms with van der Waals surface area (Å²) in [7, 11) is 0. The Morgan fingerprint density at radius 2 is 1.56 bits per heavy atom. The van der Waals surface area contributed by atoms with Gasteiger partial charge < -0.3 is 30.5 Å². The number of hydrogen-bond donors (Lipinski definition) is 3. The number of ether oxygens (including phenoxy) is 1. The third kappa shape index (κ3) is 7.77. The molecule has 5 amide bonds. The van der Waals surface area contributed by atoms with Gasteiger partial charge in [0.1, 0.15) is 29.9 Å². The van der Waals surface area contributed by atoms with Crippen LogP contribution in [0.15, 0.2) is 24.3 Å². The summed E-state index contributed by atoms with van der Waals surface area (Å²) in [5.41, 5.74) is 0.817. The molecule has 4 aliphatic heterocycles. The summed E-state index contributed by atoms with van der Waals surface area (Å²) in [6.45, 7) is 6.64. The maximum Gasteiger partial charge on any atom is 0.258 e. The number of carbonyl (C=O) groups is 5. The fourth-order valence-corrected chi connectivity index (χ4v) is 5.70. The van der Waals surface area contributed by atoms with Gasteiger partial charge in [0, 0.05) is 26.1 Å². The number of carbonyl (C=O) groups excluding carboxylic acids is 5. The lowest BCUT2D eigenvalue weighted by molar-refractivity contribution is -0.143. The molecule has 3 N–H and O–H groups in total. The fourth-order valence-electron chi connectivity index (χ4n) is 5.70. The van der Waals surface area contributed by atoms with E-state index in [1.807, 2.05) is 18.7 Å². The first kappa shape index (κ1) is 30.3. The molecule has 11 nitrogen and oxygen atoms in total. The summed E-state index contributed by atoms with van der Waals surface area (Å²) < 4.78 is 5.67. The second-order valence-electron chi connectivity index (χ2n) is 11.6. The lowest BCUT2D eigenvalue weighted by Gasteiger charge is -2.31. The summed E-state index contributed by atoms with van der Waals surface area (Å²) in [6, 6.07) is 3.74. The van der Waals surface area contributed by atoms with E-state index in [4.69, 9.17) is 4.74 Å². The molecule has 224 valence electrons. The van der Waals surface area contributed by atoms with E-state index in [0.29, 0.717) is 38.2 Å². The van der Waals surface area contributed by atoms with Crippen LogP contribution in [0.3, 0.4) is 0 Å². The molecule has 4 heterocycles. The van der Waals surface area contributed by atoms with Gasteiger partial charge in [-0.1, -0.05) is 38.8 Å². The molecule has 0 saturated carbocycles. The van der Waals surface area contributed by atoms with Gasteiger partial charge in [0.05, 0.1) is 0 Å². The molecule has 5 rings (SSSR count). The Kier molecular flexibility index (Phi) is 10.2. The van der Waals surface area contributed by atoms with Gasteiger partial charge in [-0.05, 0) is 56.2 Å². The van der Waals surface area contributed by atoms with E-state index < -0.39 is 41.9 Å². The Bertz CT molecular complexity index is 1110. The molecule has 1 aromatic carbocycles. The van der Waals surface area contributed by atoms with Gasteiger partial charge in [-0.3, -0.25) is 24.0 Å². The van der Waals surface area contributed by atoms with Gasteiger partial charge in [0.25, 0.3) is 5.91 Å². The number of rotatable bonds is 2. The maximum absolute atomic E-state index is 13.6. The standard InChI is InChI=1S/C30H43N5O6/c1-19(2)26-30(40)35-16-8-9-24(35)28(38)31-20(3)27(37)32-23(29(39)34-14-6-4-5-7-15-34)17-21-10-12-22(13-11-21)41-18-25(36)33-26/h10-13,19-20,23-24,26H,4-9,14-18H2,1-3H3,(H,31,38)(H,32,37)(H,33,36)/t20-,23-,24+,26-/m0/s1. The number of fused-ring (bicyclic) bond motifs is 13. The van der Waals surface area contributed by atoms with Crippen molar-refractivity contribution in [3.05, 3.63) is 29.8 Å². The van der Waals surface area contributed by atoms with E-state index in [-0.39, 0.29) is 30.8 Å². The van der Waals surface area contributed by atoms with E-state index in [9.17, 15) is 24.0 Å². The monoisotopic (exact) mass is 569 g/mol. The Morgan fingerprint density at radius 1 is 0.878 bits per heavy atom. The number of nitrogens with one attached hydrogen (secondary N) is 3. The van der Waals surface area contributed by atoms with E-state index >= 15 is 0 Å². The number of likely N-dealkylation sites (tertiary alicyclic amines) is 1. The van der Waals surface area contributed by atoms with Crippen molar-refractivity contribution in [1.82, 2.24) is 25.8 Å². The molecule has 11 heteroatoms. The summed E-state index contributed by atoms with van der Waals surface area (Å²) >= 11 is 0. The molecular formula is C30H43N5O6. The predicted octanol–water partition coefficient (Wildman–Crippen LogP) is 1.15. The molecule has 2 saturated heterocycles. The fraction of sp³-hybridized carbons (Fsp3) is 0.633. The normalized spacial score (nSPS) is 27.0. The number of hydrogen-bond acceptors (Lipinski definition) is 6. The molecule has 41 heavy (non-hydrogen) atoms. The zero-order chi connectivity index (χ0) is 29.5. The van der Waals surface area contributed by atoms with Crippen LogP contribution < -0.4 is 20.7 Å². The average Bonchev–Trinajstić information content (AvgIpc) is 3.29. The zero-order valence-electron chi connectivity index (χ0n) is 24.3. The molecule has 1 aromatic rings. The van der Waals surface area contributed by atoms with Crippen LogP contribution in [0.25, 0.3) is 0 Å². The van der Waals surface area contributed by atoms with E-state index in [2.05, 4.69) is 16.0 Å². The van der Waals surface area contributed by atoms with Crippen molar-refractivity contribution in [3.8, 4) is 5.75 Å². The quantitative estimate of drug-likeness (QED) is 0.489. The highest BCUT2D eigenvalue weighted by atomic mass is 16.5. The van der Waals surface area contributed by atoms with E-state index in [0.717, 1.165) is 31.2 Å². The van der Waals surface area contributed by atoms with Crippen LogP contribution in [0.2, 0.25) is 0 Å². The topological polar surface area (TPSA) is 137 Å². The van der Waals surface area contributed by atoms with Gasteiger partial charge in [0.2, 0.25) is 23.6 Å². The first-order chi connectivity index (χ1) is 19.6. The molecule has 2 fully saturated rings. The van der Waals surface area contributed by atoms with E-state index in [1.54, 1.807) is 31.2 Å². The summed E-state index contributed by atoms with van der Waals surface area (Å²) in [6.07, 6.45) is 5.35. The molecule has 0 radical (unpaired) electrons. The minimum Gasteiger partial charge on any atom is -0.484 e. The van der Waals surface area contributed by atoms with Crippen LogP contribution in [0, 0.1) is 5.92 Å². The minimum atomic E-state index is -0.919. The molecule has 4 atom stereocenters. The van der Waals surface area contributed by atoms with Gasteiger partial charge in [-0.25, -0.2) is 0 Å². The number of benzene rings is 1. The lowest BCUT2D eigenvalue weighted by atomic mass is 10.0. The van der Waals surface area contributed by atoms with Gasteiger partial charge >= 0.3 is 0 Å². The largest absolute Gasteiger partial charge is 0.484 e. The number of amides is 5.